The van der Waals surface area contributed by atoms with Crippen molar-refractivity contribution >= 4 is 16.6 Å². The Balaban J connectivity index is 1.34. The molecule has 4 rings (SSSR count). The predicted molar refractivity (Wildman–Crippen MR) is 106 cm³/mol. The van der Waals surface area contributed by atoms with E-state index in [-0.39, 0.29) is 0 Å². The van der Waals surface area contributed by atoms with E-state index in [9.17, 15) is 0 Å². The lowest BCUT2D eigenvalue weighted by Gasteiger charge is -2.09. The molecule has 3 nitrogen and oxygen atoms in total. The summed E-state index contributed by atoms with van der Waals surface area (Å²) in [5, 5.41) is 4.60. The molecule has 0 aliphatic carbocycles. The Morgan fingerprint density at radius 2 is 1.62 bits per heavy atom. The average Bonchev–Trinajstić information content (AvgIpc) is 2.72. The number of pyridine rings is 1. The van der Waals surface area contributed by atoms with Crippen LogP contribution in [0.5, 0.6) is 5.75 Å². The molecule has 3 aromatic carbocycles. The molecule has 1 heterocycles. The van der Waals surface area contributed by atoms with Gasteiger partial charge in [0.25, 0.3) is 0 Å². The van der Waals surface area contributed by atoms with Crippen LogP contribution in [0.3, 0.4) is 0 Å². The van der Waals surface area contributed by atoms with Crippen molar-refractivity contribution in [2.45, 2.75) is 13.2 Å². The summed E-state index contributed by atoms with van der Waals surface area (Å²) < 4.78 is 5.83. The molecule has 0 spiro atoms. The first-order valence-corrected chi connectivity index (χ1v) is 8.71. The number of fused-ring (bicyclic) bond motifs is 1. The molecule has 0 fully saturated rings. The summed E-state index contributed by atoms with van der Waals surface area (Å²) in [5.41, 5.74) is 4.49. The van der Waals surface area contributed by atoms with E-state index in [0.29, 0.717) is 6.61 Å². The van der Waals surface area contributed by atoms with Gasteiger partial charge >= 0.3 is 0 Å². The van der Waals surface area contributed by atoms with Crippen molar-refractivity contribution in [1.82, 2.24) is 4.98 Å². The lowest BCUT2D eigenvalue weighted by atomic mass is 10.2. The third kappa shape index (κ3) is 4.01. The van der Waals surface area contributed by atoms with E-state index in [2.05, 4.69) is 52.8 Å². The fourth-order valence-electron chi connectivity index (χ4n) is 2.83. The highest BCUT2D eigenvalue weighted by Gasteiger charge is 1.99. The monoisotopic (exact) mass is 340 g/mol. The van der Waals surface area contributed by atoms with E-state index in [1.165, 1.54) is 11.1 Å². The van der Waals surface area contributed by atoms with Gasteiger partial charge in [-0.1, -0.05) is 48.5 Å². The topological polar surface area (TPSA) is 34.1 Å². The van der Waals surface area contributed by atoms with Crippen LogP contribution < -0.4 is 10.1 Å². The van der Waals surface area contributed by atoms with Gasteiger partial charge in [0.2, 0.25) is 0 Å². The number of rotatable bonds is 6. The number of nitrogens with one attached hydrogen (secondary N) is 1. The molecule has 0 radical (unpaired) electrons. The Morgan fingerprint density at radius 3 is 2.46 bits per heavy atom. The van der Waals surface area contributed by atoms with Gasteiger partial charge in [-0.25, -0.2) is 0 Å². The number of aromatic nitrogens is 1. The summed E-state index contributed by atoms with van der Waals surface area (Å²) in [6.45, 7) is 1.36. The largest absolute Gasteiger partial charge is 0.489 e. The van der Waals surface area contributed by atoms with E-state index in [1.807, 2.05) is 48.7 Å². The van der Waals surface area contributed by atoms with Gasteiger partial charge in [0.15, 0.2) is 0 Å². The van der Waals surface area contributed by atoms with Crippen LogP contribution in [0.15, 0.2) is 91.1 Å². The molecule has 1 aromatic heterocycles. The smallest absolute Gasteiger partial charge is 0.119 e. The highest BCUT2D eigenvalue weighted by Crippen LogP contribution is 2.19. The SMILES string of the molecule is c1ccc(COc2ccc(CNc3ccc4ncccc4c3)cc2)cc1. The van der Waals surface area contributed by atoms with Gasteiger partial charge in [-0.15, -0.1) is 0 Å². The molecule has 0 aliphatic rings. The second-order valence-electron chi connectivity index (χ2n) is 6.18. The van der Waals surface area contributed by atoms with E-state index in [4.69, 9.17) is 4.74 Å². The molecular formula is C23H20N2O. The molecule has 0 unspecified atom stereocenters. The van der Waals surface area contributed by atoms with Crippen LogP contribution in [0.2, 0.25) is 0 Å². The second-order valence-corrected chi connectivity index (χ2v) is 6.18. The predicted octanol–water partition coefficient (Wildman–Crippen LogP) is 5.43. The van der Waals surface area contributed by atoms with Crippen LogP contribution >= 0.6 is 0 Å². The fraction of sp³-hybridized carbons (Fsp3) is 0.0870. The number of ether oxygens (including phenoxy) is 1. The summed E-state index contributed by atoms with van der Waals surface area (Å²) in [6.07, 6.45) is 1.82. The molecule has 0 saturated carbocycles. The van der Waals surface area contributed by atoms with Gasteiger partial charge in [-0.05, 0) is 47.5 Å². The second kappa shape index (κ2) is 7.70. The third-order valence-electron chi connectivity index (χ3n) is 4.27. The van der Waals surface area contributed by atoms with Crippen LogP contribution in [0.1, 0.15) is 11.1 Å². The van der Waals surface area contributed by atoms with Crippen molar-refractivity contribution < 1.29 is 4.74 Å². The van der Waals surface area contributed by atoms with Crippen molar-refractivity contribution in [1.29, 1.82) is 0 Å². The highest BCUT2D eigenvalue weighted by atomic mass is 16.5. The minimum Gasteiger partial charge on any atom is -0.489 e. The molecule has 128 valence electrons. The molecule has 0 atom stereocenters. The fourth-order valence-corrected chi connectivity index (χ4v) is 2.83. The van der Waals surface area contributed by atoms with Crippen molar-refractivity contribution in [3.8, 4) is 5.75 Å². The summed E-state index contributed by atoms with van der Waals surface area (Å²) in [6, 6.07) is 28.7. The van der Waals surface area contributed by atoms with Crippen molar-refractivity contribution in [3.05, 3.63) is 102 Å². The van der Waals surface area contributed by atoms with Gasteiger partial charge < -0.3 is 10.1 Å². The average molecular weight is 340 g/mol. The lowest BCUT2D eigenvalue weighted by molar-refractivity contribution is 0.306. The number of hydrogen-bond acceptors (Lipinski definition) is 3. The molecule has 3 heteroatoms. The van der Waals surface area contributed by atoms with E-state index in [0.717, 1.165) is 28.9 Å². The summed E-state index contributed by atoms with van der Waals surface area (Å²) in [7, 11) is 0. The first kappa shape index (κ1) is 16.2. The lowest BCUT2D eigenvalue weighted by Crippen LogP contribution is -2.00. The molecule has 1 N–H and O–H groups in total. The van der Waals surface area contributed by atoms with E-state index < -0.39 is 0 Å². The van der Waals surface area contributed by atoms with Crippen LogP contribution in [-0.4, -0.2) is 4.98 Å². The normalized spacial score (nSPS) is 10.6. The molecule has 26 heavy (non-hydrogen) atoms. The van der Waals surface area contributed by atoms with Gasteiger partial charge in [0, 0.05) is 23.8 Å². The van der Waals surface area contributed by atoms with Gasteiger partial charge in [0.1, 0.15) is 12.4 Å². The Morgan fingerprint density at radius 1 is 0.769 bits per heavy atom. The number of anilines is 1. The van der Waals surface area contributed by atoms with Gasteiger partial charge in [-0.3, -0.25) is 4.98 Å². The molecule has 0 bridgehead atoms. The molecule has 0 aliphatic heterocycles. The zero-order chi connectivity index (χ0) is 17.6. The van der Waals surface area contributed by atoms with E-state index >= 15 is 0 Å². The third-order valence-corrected chi connectivity index (χ3v) is 4.27. The quantitative estimate of drug-likeness (QED) is 0.508. The number of benzene rings is 3. The Kier molecular flexibility index (Phi) is 4.79. The van der Waals surface area contributed by atoms with Crippen LogP contribution in [0.25, 0.3) is 10.9 Å². The number of nitrogens with zero attached hydrogens (tertiary/aromatic N) is 1. The van der Waals surface area contributed by atoms with Crippen LogP contribution in [-0.2, 0) is 13.2 Å². The van der Waals surface area contributed by atoms with Crippen molar-refractivity contribution in [2.24, 2.45) is 0 Å². The maximum absolute atomic E-state index is 5.83. The highest BCUT2D eigenvalue weighted by molar-refractivity contribution is 5.82. The van der Waals surface area contributed by atoms with Crippen molar-refractivity contribution in [3.63, 3.8) is 0 Å². The van der Waals surface area contributed by atoms with E-state index in [1.54, 1.807) is 0 Å². The van der Waals surface area contributed by atoms with Crippen LogP contribution in [0, 0.1) is 0 Å². The molecular weight excluding hydrogens is 320 g/mol. The Bertz CT molecular complexity index is 982. The first-order valence-electron chi connectivity index (χ1n) is 8.71. The Hall–Kier alpha value is -3.33. The summed E-state index contributed by atoms with van der Waals surface area (Å²) in [5.74, 6) is 0.884. The molecule has 4 aromatic rings. The Labute approximate surface area is 153 Å². The number of hydrogen-bond donors (Lipinski definition) is 1. The minimum atomic E-state index is 0.587. The zero-order valence-corrected chi connectivity index (χ0v) is 14.4. The first-order chi connectivity index (χ1) is 12.9. The zero-order valence-electron chi connectivity index (χ0n) is 14.4. The standard InChI is InChI=1S/C23H20N2O/c1-2-5-19(6-3-1)17-26-22-11-8-18(9-12-22)16-25-21-10-13-23-20(15-21)7-4-14-24-23/h1-15,25H,16-17H2. The van der Waals surface area contributed by atoms with Crippen molar-refractivity contribution in [2.75, 3.05) is 5.32 Å². The summed E-state index contributed by atoms with van der Waals surface area (Å²) in [4.78, 5) is 4.35. The van der Waals surface area contributed by atoms with Gasteiger partial charge in [-0.2, -0.15) is 0 Å². The van der Waals surface area contributed by atoms with Gasteiger partial charge in [0.05, 0.1) is 5.52 Å². The maximum Gasteiger partial charge on any atom is 0.119 e. The van der Waals surface area contributed by atoms with Crippen LogP contribution in [0.4, 0.5) is 5.69 Å². The molecule has 0 saturated heterocycles. The molecule has 0 amide bonds. The summed E-state index contributed by atoms with van der Waals surface area (Å²) >= 11 is 0. The minimum absolute atomic E-state index is 0.587. The maximum atomic E-state index is 5.83.